The monoisotopic (exact) mass is 442 g/mol. The molecule has 1 fully saturated rings. The van der Waals surface area contributed by atoms with E-state index in [0.29, 0.717) is 4.91 Å². The average Bonchev–Trinajstić information content (AvgIpc) is 2.95. The first kappa shape index (κ1) is 23.1. The molecule has 1 saturated heterocycles. The lowest BCUT2D eigenvalue weighted by molar-refractivity contribution is -0.150. The smallest absolute Gasteiger partial charge is 0.329 e. The fourth-order valence-corrected chi connectivity index (χ4v) is 5.20. The molecule has 2 aliphatic rings. The molecule has 7 heteroatoms. The quantitative estimate of drug-likeness (QED) is 0.472. The van der Waals surface area contributed by atoms with Crippen molar-refractivity contribution in [1.29, 1.82) is 0 Å². The summed E-state index contributed by atoms with van der Waals surface area (Å²) in [7, 11) is 0. The van der Waals surface area contributed by atoms with Crippen LogP contribution in [0.5, 0.6) is 0 Å². The molecule has 1 aromatic rings. The number of benzene rings is 1. The number of amides is 2. The first-order valence-corrected chi connectivity index (χ1v) is 11.4. The summed E-state index contributed by atoms with van der Waals surface area (Å²) < 4.78 is 4.97. The van der Waals surface area contributed by atoms with E-state index in [1.54, 1.807) is 13.0 Å². The van der Waals surface area contributed by atoms with E-state index in [1.807, 2.05) is 6.92 Å². The maximum Gasteiger partial charge on any atom is 0.329 e. The molecule has 1 unspecified atom stereocenters. The summed E-state index contributed by atoms with van der Waals surface area (Å²) in [4.78, 5) is 41.1. The van der Waals surface area contributed by atoms with Gasteiger partial charge in [0.05, 0.1) is 17.1 Å². The number of carbonyl (C=O) groups is 3. The number of allylic oxidation sites excluding steroid dienone is 1. The number of likely N-dealkylation sites (N-methyl/N-ethyl adjacent to an activating group) is 1. The number of esters is 1. The van der Waals surface area contributed by atoms with E-state index in [-0.39, 0.29) is 12.1 Å². The number of nitrogens with zero attached hydrogens (tertiary/aromatic N) is 2. The van der Waals surface area contributed by atoms with Gasteiger partial charge in [-0.1, -0.05) is 6.08 Å². The van der Waals surface area contributed by atoms with Crippen molar-refractivity contribution in [2.45, 2.75) is 60.0 Å². The molecule has 0 aliphatic carbocycles. The van der Waals surface area contributed by atoms with E-state index in [1.165, 1.54) is 18.2 Å². The van der Waals surface area contributed by atoms with Crippen LogP contribution >= 0.6 is 11.8 Å². The number of anilines is 1. The van der Waals surface area contributed by atoms with Gasteiger partial charge in [0.15, 0.2) is 0 Å². The van der Waals surface area contributed by atoms with Gasteiger partial charge in [0, 0.05) is 17.8 Å². The summed E-state index contributed by atoms with van der Waals surface area (Å²) in [5, 5.41) is -0.456. The van der Waals surface area contributed by atoms with Crippen molar-refractivity contribution < 1.29 is 19.1 Å². The van der Waals surface area contributed by atoms with Crippen molar-refractivity contribution in [1.82, 2.24) is 4.90 Å². The molecule has 3 rings (SSSR count). The highest BCUT2D eigenvalue weighted by Gasteiger charge is 2.41. The Bertz CT molecular complexity index is 1010. The lowest BCUT2D eigenvalue weighted by atomic mass is 9.87. The fourth-order valence-electron chi connectivity index (χ4n) is 4.30. The maximum absolute atomic E-state index is 12.9. The summed E-state index contributed by atoms with van der Waals surface area (Å²) in [6.07, 6.45) is 4.01. The number of imide groups is 1. The van der Waals surface area contributed by atoms with Crippen molar-refractivity contribution in [3.8, 4) is 0 Å². The number of ether oxygens (including phenoxy) is 1. The Morgan fingerprint density at radius 1 is 1.23 bits per heavy atom. The van der Waals surface area contributed by atoms with Crippen LogP contribution in [0.4, 0.5) is 10.5 Å². The lowest BCUT2D eigenvalue weighted by Crippen LogP contribution is -2.44. The average molecular weight is 443 g/mol. The predicted molar refractivity (Wildman–Crippen MR) is 126 cm³/mol. The van der Waals surface area contributed by atoms with Gasteiger partial charge in [-0.05, 0) is 95.1 Å². The van der Waals surface area contributed by atoms with E-state index < -0.39 is 23.2 Å². The lowest BCUT2D eigenvalue weighted by Gasteiger charge is -2.43. The van der Waals surface area contributed by atoms with E-state index >= 15 is 0 Å². The highest BCUT2D eigenvalue weighted by molar-refractivity contribution is 8.18. The van der Waals surface area contributed by atoms with Gasteiger partial charge < -0.3 is 9.64 Å². The Balaban J connectivity index is 1.98. The zero-order chi connectivity index (χ0) is 23.1. The SMILES string of the molecule is CCOC(=O)C(C)N1C(=O)S/C(=C\c2cc3c(cc2C)N(CC)C(C)(C)C=C3C)C1=O. The standard InChI is InChI=1S/C24H30N2O4S/c1-8-25-19-10-14(3)17(11-18(19)15(4)13-24(25,6)7)12-20-21(27)26(23(29)31-20)16(5)22(28)30-9-2/h10-13,16H,8-9H2,1-7H3/b20-12-. The number of aryl methyl sites for hydroxylation is 1. The second-order valence-electron chi connectivity index (χ2n) is 8.43. The van der Waals surface area contributed by atoms with Crippen LogP contribution in [0, 0.1) is 6.92 Å². The molecule has 0 N–H and O–H groups in total. The molecule has 0 bridgehead atoms. The number of hydrogen-bond donors (Lipinski definition) is 0. The van der Waals surface area contributed by atoms with E-state index in [0.717, 1.165) is 39.9 Å². The van der Waals surface area contributed by atoms with Crippen LogP contribution in [-0.2, 0) is 14.3 Å². The number of rotatable bonds is 5. The third-order valence-corrected chi connectivity index (χ3v) is 6.69. The second kappa shape index (κ2) is 8.54. The molecule has 0 saturated carbocycles. The van der Waals surface area contributed by atoms with Crippen molar-refractivity contribution in [3.05, 3.63) is 39.8 Å². The molecule has 2 heterocycles. The first-order chi connectivity index (χ1) is 14.5. The summed E-state index contributed by atoms with van der Waals surface area (Å²) in [5.74, 6) is -1.05. The van der Waals surface area contributed by atoms with Gasteiger partial charge in [-0.2, -0.15) is 0 Å². The van der Waals surface area contributed by atoms with Crippen LogP contribution in [0.15, 0.2) is 23.1 Å². The largest absolute Gasteiger partial charge is 0.464 e. The highest BCUT2D eigenvalue weighted by atomic mass is 32.2. The Morgan fingerprint density at radius 3 is 2.52 bits per heavy atom. The topological polar surface area (TPSA) is 66.9 Å². The normalized spacial score (nSPS) is 20.1. The van der Waals surface area contributed by atoms with Crippen LogP contribution in [0.1, 0.15) is 58.2 Å². The van der Waals surface area contributed by atoms with Crippen molar-refractivity contribution in [2.24, 2.45) is 0 Å². The summed E-state index contributed by atoms with van der Waals surface area (Å²) in [5.41, 5.74) is 5.31. The Kier molecular flexibility index (Phi) is 6.37. The summed E-state index contributed by atoms with van der Waals surface area (Å²) >= 11 is 0.858. The molecular formula is C24H30N2O4S. The van der Waals surface area contributed by atoms with Crippen LogP contribution in [-0.4, -0.2) is 46.7 Å². The zero-order valence-electron chi connectivity index (χ0n) is 19.2. The fraction of sp³-hybridized carbons (Fsp3) is 0.458. The Hall–Kier alpha value is -2.54. The van der Waals surface area contributed by atoms with Gasteiger partial charge in [0.1, 0.15) is 6.04 Å². The molecule has 2 aliphatic heterocycles. The number of thioether (sulfide) groups is 1. The van der Waals surface area contributed by atoms with Gasteiger partial charge >= 0.3 is 5.97 Å². The van der Waals surface area contributed by atoms with E-state index in [4.69, 9.17) is 4.74 Å². The molecular weight excluding hydrogens is 412 g/mol. The van der Waals surface area contributed by atoms with Gasteiger partial charge in [-0.3, -0.25) is 14.5 Å². The minimum Gasteiger partial charge on any atom is -0.464 e. The van der Waals surface area contributed by atoms with Gasteiger partial charge in [-0.25, -0.2) is 4.79 Å². The Morgan fingerprint density at radius 2 is 1.90 bits per heavy atom. The van der Waals surface area contributed by atoms with Crippen molar-refractivity contribution in [2.75, 3.05) is 18.1 Å². The molecule has 1 aromatic carbocycles. The Labute approximate surface area is 188 Å². The molecule has 1 atom stereocenters. The van der Waals surface area contributed by atoms with E-state index in [2.05, 4.69) is 50.8 Å². The number of carbonyl (C=O) groups excluding carboxylic acids is 3. The van der Waals surface area contributed by atoms with Crippen molar-refractivity contribution >= 4 is 46.2 Å². The number of hydrogen-bond acceptors (Lipinski definition) is 6. The third kappa shape index (κ3) is 4.15. The first-order valence-electron chi connectivity index (χ1n) is 10.6. The molecule has 6 nitrogen and oxygen atoms in total. The van der Waals surface area contributed by atoms with Gasteiger partial charge in [-0.15, -0.1) is 0 Å². The van der Waals surface area contributed by atoms with Crippen LogP contribution in [0.2, 0.25) is 0 Å². The van der Waals surface area contributed by atoms with Crippen LogP contribution < -0.4 is 4.90 Å². The molecule has 0 aromatic heterocycles. The number of fused-ring (bicyclic) bond motifs is 1. The summed E-state index contributed by atoms with van der Waals surface area (Å²) in [6.45, 7) is 14.9. The van der Waals surface area contributed by atoms with Crippen LogP contribution in [0.3, 0.4) is 0 Å². The highest BCUT2D eigenvalue weighted by Crippen LogP contribution is 2.41. The maximum atomic E-state index is 12.9. The van der Waals surface area contributed by atoms with E-state index in [9.17, 15) is 14.4 Å². The van der Waals surface area contributed by atoms with Crippen LogP contribution in [0.25, 0.3) is 11.6 Å². The predicted octanol–water partition coefficient (Wildman–Crippen LogP) is 5.00. The molecule has 0 spiro atoms. The van der Waals surface area contributed by atoms with Gasteiger partial charge in [0.25, 0.3) is 11.1 Å². The molecule has 0 radical (unpaired) electrons. The second-order valence-corrected chi connectivity index (χ2v) is 9.42. The molecule has 31 heavy (non-hydrogen) atoms. The summed E-state index contributed by atoms with van der Waals surface area (Å²) in [6, 6.07) is 3.28. The zero-order valence-corrected chi connectivity index (χ0v) is 20.1. The third-order valence-electron chi connectivity index (χ3n) is 5.81. The van der Waals surface area contributed by atoms with Crippen molar-refractivity contribution in [3.63, 3.8) is 0 Å². The minimum atomic E-state index is -0.950. The molecule has 166 valence electrons. The van der Waals surface area contributed by atoms with Gasteiger partial charge in [0.2, 0.25) is 0 Å². The molecule has 2 amide bonds. The minimum absolute atomic E-state index is 0.0777.